The number of hydrogen-bond acceptors (Lipinski definition) is 4. The third-order valence-corrected chi connectivity index (χ3v) is 3.26. The number of ether oxygens (including phenoxy) is 1. The number of allylic oxidation sites excluding steroid dienone is 2. The van der Waals surface area contributed by atoms with Crippen molar-refractivity contribution in [2.75, 3.05) is 0 Å². The molecule has 5 heteroatoms. The van der Waals surface area contributed by atoms with E-state index in [-0.39, 0.29) is 11.3 Å². The summed E-state index contributed by atoms with van der Waals surface area (Å²) in [5.74, 6) is -0.519. The van der Waals surface area contributed by atoms with Gasteiger partial charge in [0.15, 0.2) is 0 Å². The maximum Gasteiger partial charge on any atom is 0.338 e. The second-order valence-electron chi connectivity index (χ2n) is 5.53. The second kappa shape index (κ2) is 7.54. The molecule has 5 nitrogen and oxygen atoms in total. The van der Waals surface area contributed by atoms with Crippen molar-refractivity contribution < 1.29 is 14.5 Å². The van der Waals surface area contributed by atoms with Crippen LogP contribution in [0.1, 0.15) is 44.0 Å². The van der Waals surface area contributed by atoms with Crippen molar-refractivity contribution in [1.82, 2.24) is 0 Å². The number of carbonyl (C=O) groups is 1. The molecule has 1 aromatic carbocycles. The van der Waals surface area contributed by atoms with Crippen molar-refractivity contribution in [3.05, 3.63) is 64.2 Å². The van der Waals surface area contributed by atoms with E-state index in [1.165, 1.54) is 29.8 Å². The summed E-state index contributed by atoms with van der Waals surface area (Å²) < 4.78 is 5.50. The van der Waals surface area contributed by atoms with E-state index in [2.05, 4.69) is 12.7 Å². The average molecular weight is 303 g/mol. The van der Waals surface area contributed by atoms with Crippen LogP contribution in [0, 0.1) is 10.1 Å². The van der Waals surface area contributed by atoms with E-state index in [0.29, 0.717) is 6.42 Å². The highest BCUT2D eigenvalue weighted by Gasteiger charge is 2.25. The number of nitrogens with zero attached hydrogens (tertiary/aromatic N) is 1. The molecule has 1 atom stereocenters. The molecule has 0 saturated heterocycles. The molecule has 0 aliphatic heterocycles. The van der Waals surface area contributed by atoms with E-state index in [4.69, 9.17) is 4.74 Å². The smallest absolute Gasteiger partial charge is 0.338 e. The number of non-ortho nitro benzene ring substituents is 1. The van der Waals surface area contributed by atoms with Crippen LogP contribution >= 0.6 is 0 Å². The fraction of sp³-hybridized carbons (Fsp3) is 0.353. The van der Waals surface area contributed by atoms with Gasteiger partial charge in [-0.05, 0) is 51.8 Å². The lowest BCUT2D eigenvalue weighted by atomic mass is 9.99. The minimum atomic E-state index is -0.773. The van der Waals surface area contributed by atoms with Crippen LogP contribution in [-0.4, -0.2) is 16.5 Å². The number of nitro benzene ring substituents is 1. The second-order valence-corrected chi connectivity index (χ2v) is 5.53. The van der Waals surface area contributed by atoms with Gasteiger partial charge in [-0.2, -0.15) is 0 Å². The van der Waals surface area contributed by atoms with Crippen molar-refractivity contribution >= 4 is 11.7 Å². The zero-order chi connectivity index (χ0) is 16.8. The third kappa shape index (κ3) is 5.16. The first-order chi connectivity index (χ1) is 10.3. The average Bonchev–Trinajstić information content (AvgIpc) is 2.46. The van der Waals surface area contributed by atoms with Gasteiger partial charge in [-0.25, -0.2) is 4.79 Å². The van der Waals surface area contributed by atoms with Crippen LogP contribution in [0.5, 0.6) is 0 Å². The molecular weight excluding hydrogens is 282 g/mol. The van der Waals surface area contributed by atoms with E-state index < -0.39 is 16.5 Å². The van der Waals surface area contributed by atoms with Gasteiger partial charge in [0.2, 0.25) is 0 Å². The summed E-state index contributed by atoms with van der Waals surface area (Å²) in [6.07, 6.45) is 5.08. The Kier molecular flexibility index (Phi) is 6.04. The highest BCUT2D eigenvalue weighted by molar-refractivity contribution is 5.90. The molecule has 0 spiro atoms. The normalized spacial score (nSPS) is 12.9. The predicted molar refractivity (Wildman–Crippen MR) is 85.8 cm³/mol. The molecule has 0 radical (unpaired) electrons. The molecule has 0 saturated carbocycles. The first-order valence-corrected chi connectivity index (χ1v) is 7.02. The Balaban J connectivity index is 2.77. The summed E-state index contributed by atoms with van der Waals surface area (Å²) in [6.45, 7) is 9.54. The lowest BCUT2D eigenvalue weighted by Crippen LogP contribution is -2.29. The Labute approximate surface area is 130 Å². The van der Waals surface area contributed by atoms with E-state index in [0.717, 1.165) is 6.42 Å². The topological polar surface area (TPSA) is 69.4 Å². The van der Waals surface area contributed by atoms with E-state index in [1.807, 2.05) is 13.8 Å². The molecule has 0 N–H and O–H groups in total. The Hall–Kier alpha value is -2.43. The van der Waals surface area contributed by atoms with E-state index in [9.17, 15) is 14.9 Å². The third-order valence-electron chi connectivity index (χ3n) is 3.26. The van der Waals surface area contributed by atoms with Gasteiger partial charge in [0.05, 0.1) is 10.5 Å². The monoisotopic (exact) mass is 303 g/mol. The first kappa shape index (κ1) is 17.6. The predicted octanol–water partition coefficient (Wildman–Crippen LogP) is 4.44. The maximum absolute atomic E-state index is 12.1. The summed E-state index contributed by atoms with van der Waals surface area (Å²) in [6, 6.07) is 5.34. The van der Waals surface area contributed by atoms with Crippen molar-refractivity contribution in [2.45, 2.75) is 39.2 Å². The summed E-state index contributed by atoms with van der Waals surface area (Å²) in [5.41, 5.74) is 0.644. The van der Waals surface area contributed by atoms with Gasteiger partial charge < -0.3 is 4.74 Å². The van der Waals surface area contributed by atoms with Gasteiger partial charge >= 0.3 is 5.97 Å². The van der Waals surface area contributed by atoms with Crippen molar-refractivity contribution in [2.24, 2.45) is 0 Å². The Morgan fingerprint density at radius 3 is 2.41 bits per heavy atom. The number of rotatable bonds is 7. The number of hydrogen-bond donors (Lipinski definition) is 0. The molecule has 0 fully saturated rings. The largest absolute Gasteiger partial charge is 0.452 e. The Morgan fingerprint density at radius 1 is 1.36 bits per heavy atom. The van der Waals surface area contributed by atoms with E-state index >= 15 is 0 Å². The van der Waals surface area contributed by atoms with Gasteiger partial charge in [-0.1, -0.05) is 18.2 Å². The fourth-order valence-corrected chi connectivity index (χ4v) is 1.83. The van der Waals surface area contributed by atoms with Gasteiger partial charge in [-0.3, -0.25) is 10.1 Å². The van der Waals surface area contributed by atoms with Gasteiger partial charge in [0.25, 0.3) is 5.69 Å². The molecule has 0 heterocycles. The maximum atomic E-state index is 12.1. The molecular formula is C17H21NO4. The molecule has 0 aliphatic rings. The SMILES string of the molecule is C=CC(C)(CCC=C(C)C)OC(=O)c1ccc([N+](=O)[O-])cc1. The molecule has 1 unspecified atom stereocenters. The van der Waals surface area contributed by atoms with Crippen LogP contribution in [0.3, 0.4) is 0 Å². The minimum Gasteiger partial charge on any atom is -0.452 e. The zero-order valence-corrected chi connectivity index (χ0v) is 13.2. The molecule has 0 bridgehead atoms. The van der Waals surface area contributed by atoms with Crippen LogP contribution in [0.2, 0.25) is 0 Å². The Bertz CT molecular complexity index is 585. The van der Waals surface area contributed by atoms with Gasteiger partial charge in [-0.15, -0.1) is 0 Å². The van der Waals surface area contributed by atoms with Crippen LogP contribution < -0.4 is 0 Å². The molecule has 1 aromatic rings. The van der Waals surface area contributed by atoms with Gasteiger partial charge in [0, 0.05) is 12.1 Å². The minimum absolute atomic E-state index is 0.0633. The lowest BCUT2D eigenvalue weighted by molar-refractivity contribution is -0.384. The summed E-state index contributed by atoms with van der Waals surface area (Å²) in [7, 11) is 0. The highest BCUT2D eigenvalue weighted by atomic mass is 16.6. The number of benzene rings is 1. The van der Waals surface area contributed by atoms with Crippen molar-refractivity contribution in [3.8, 4) is 0 Å². The number of carbonyl (C=O) groups excluding carboxylic acids is 1. The number of nitro groups is 1. The molecule has 118 valence electrons. The van der Waals surface area contributed by atoms with Crippen LogP contribution in [0.25, 0.3) is 0 Å². The molecule has 0 aliphatic carbocycles. The summed E-state index contributed by atoms with van der Waals surface area (Å²) in [4.78, 5) is 22.2. The first-order valence-electron chi connectivity index (χ1n) is 7.02. The molecule has 22 heavy (non-hydrogen) atoms. The molecule has 0 amide bonds. The standard InChI is InChI=1S/C17H21NO4/c1-5-17(4,12-6-7-13(2)3)22-16(19)14-8-10-15(11-9-14)18(20)21/h5,7-11H,1,6,12H2,2-4H3. The Morgan fingerprint density at radius 2 is 1.95 bits per heavy atom. The quantitative estimate of drug-likeness (QED) is 0.323. The zero-order valence-electron chi connectivity index (χ0n) is 13.2. The molecule has 1 rings (SSSR count). The highest BCUT2D eigenvalue weighted by Crippen LogP contribution is 2.22. The van der Waals surface area contributed by atoms with Crippen LogP contribution in [0.15, 0.2) is 48.6 Å². The van der Waals surface area contributed by atoms with Crippen LogP contribution in [-0.2, 0) is 4.74 Å². The lowest BCUT2D eigenvalue weighted by Gasteiger charge is -2.25. The van der Waals surface area contributed by atoms with Gasteiger partial charge in [0.1, 0.15) is 5.60 Å². The summed E-state index contributed by atoms with van der Waals surface area (Å²) >= 11 is 0. The fourth-order valence-electron chi connectivity index (χ4n) is 1.83. The molecule has 0 aromatic heterocycles. The number of esters is 1. The van der Waals surface area contributed by atoms with Crippen molar-refractivity contribution in [3.63, 3.8) is 0 Å². The summed E-state index contributed by atoms with van der Waals surface area (Å²) in [5, 5.41) is 10.6. The van der Waals surface area contributed by atoms with E-state index in [1.54, 1.807) is 13.0 Å². The van der Waals surface area contributed by atoms with Crippen molar-refractivity contribution in [1.29, 1.82) is 0 Å². The van der Waals surface area contributed by atoms with Crippen LogP contribution in [0.4, 0.5) is 5.69 Å².